The Morgan fingerprint density at radius 1 is 1.45 bits per heavy atom. The van der Waals surface area contributed by atoms with Gasteiger partial charge < -0.3 is 20.5 Å². The quantitative estimate of drug-likeness (QED) is 0.616. The molecule has 1 atom stereocenters. The highest BCUT2D eigenvalue weighted by Crippen LogP contribution is 2.18. The van der Waals surface area contributed by atoms with E-state index in [1.807, 2.05) is 24.3 Å². The standard InChI is InChI=1S/C15H22N2O2S/c16-15(20)13-6-1-2-7-14(13)19-10-4-9-17-8-3-5-12(18)11-17/h1-2,6-7,12,18H,3-5,8-11H2,(H2,16,20). The van der Waals surface area contributed by atoms with E-state index in [2.05, 4.69) is 4.90 Å². The third-order valence-corrected chi connectivity index (χ3v) is 3.73. The first kappa shape index (κ1) is 15.2. The van der Waals surface area contributed by atoms with Crippen LogP contribution in [0.3, 0.4) is 0 Å². The van der Waals surface area contributed by atoms with Gasteiger partial charge in [0, 0.05) is 13.1 Å². The van der Waals surface area contributed by atoms with Gasteiger partial charge >= 0.3 is 0 Å². The van der Waals surface area contributed by atoms with Gasteiger partial charge in [-0.15, -0.1) is 0 Å². The molecule has 1 saturated heterocycles. The van der Waals surface area contributed by atoms with Crippen LogP contribution in [-0.4, -0.2) is 47.3 Å². The van der Waals surface area contributed by atoms with Crippen molar-refractivity contribution in [2.75, 3.05) is 26.2 Å². The molecule has 1 unspecified atom stereocenters. The van der Waals surface area contributed by atoms with Gasteiger partial charge in [-0.2, -0.15) is 0 Å². The van der Waals surface area contributed by atoms with Crippen LogP contribution in [-0.2, 0) is 0 Å². The summed E-state index contributed by atoms with van der Waals surface area (Å²) in [5.74, 6) is 0.749. The van der Waals surface area contributed by atoms with Gasteiger partial charge in [0.15, 0.2) is 0 Å². The summed E-state index contributed by atoms with van der Waals surface area (Å²) >= 11 is 5.01. The van der Waals surface area contributed by atoms with E-state index >= 15 is 0 Å². The van der Waals surface area contributed by atoms with Crippen molar-refractivity contribution in [3.8, 4) is 5.75 Å². The van der Waals surface area contributed by atoms with Crippen molar-refractivity contribution < 1.29 is 9.84 Å². The number of para-hydroxylation sites is 1. The number of hydrogen-bond acceptors (Lipinski definition) is 4. The zero-order valence-electron chi connectivity index (χ0n) is 11.6. The summed E-state index contributed by atoms with van der Waals surface area (Å²) in [7, 11) is 0. The number of hydrogen-bond donors (Lipinski definition) is 2. The fourth-order valence-corrected chi connectivity index (χ4v) is 2.67. The fraction of sp³-hybridized carbons (Fsp3) is 0.533. The normalized spacial score (nSPS) is 19.8. The molecule has 1 fully saturated rings. The lowest BCUT2D eigenvalue weighted by molar-refractivity contribution is 0.0679. The third-order valence-electron chi connectivity index (χ3n) is 3.51. The first-order valence-electron chi connectivity index (χ1n) is 7.09. The number of nitrogens with zero attached hydrogens (tertiary/aromatic N) is 1. The molecular formula is C15H22N2O2S. The molecule has 0 aromatic heterocycles. The molecule has 1 aliphatic heterocycles. The number of aliphatic hydroxyl groups is 1. The molecule has 4 nitrogen and oxygen atoms in total. The van der Waals surface area contributed by atoms with E-state index in [1.54, 1.807) is 0 Å². The van der Waals surface area contributed by atoms with Gasteiger partial charge in [-0.1, -0.05) is 24.4 Å². The summed E-state index contributed by atoms with van der Waals surface area (Å²) in [5.41, 5.74) is 6.45. The Balaban J connectivity index is 1.74. The predicted octanol–water partition coefficient (Wildman–Crippen LogP) is 1.55. The maximum atomic E-state index is 9.61. The summed E-state index contributed by atoms with van der Waals surface area (Å²) in [6, 6.07) is 7.58. The molecule has 0 aliphatic carbocycles. The molecule has 110 valence electrons. The molecular weight excluding hydrogens is 272 g/mol. The highest BCUT2D eigenvalue weighted by molar-refractivity contribution is 7.80. The summed E-state index contributed by atoms with van der Waals surface area (Å²) < 4.78 is 5.76. The van der Waals surface area contributed by atoms with Crippen molar-refractivity contribution in [2.24, 2.45) is 5.73 Å². The summed E-state index contributed by atoms with van der Waals surface area (Å²) in [5, 5.41) is 9.61. The van der Waals surface area contributed by atoms with E-state index in [0.717, 1.165) is 50.2 Å². The van der Waals surface area contributed by atoms with Crippen LogP contribution in [0.15, 0.2) is 24.3 Å². The number of rotatable bonds is 6. The van der Waals surface area contributed by atoms with E-state index in [-0.39, 0.29) is 6.10 Å². The zero-order chi connectivity index (χ0) is 14.4. The Hall–Kier alpha value is -1.17. The lowest BCUT2D eigenvalue weighted by atomic mass is 10.1. The molecule has 5 heteroatoms. The number of nitrogens with two attached hydrogens (primary N) is 1. The number of piperidine rings is 1. The second-order valence-electron chi connectivity index (χ2n) is 5.16. The molecule has 20 heavy (non-hydrogen) atoms. The average Bonchev–Trinajstić information content (AvgIpc) is 2.44. The molecule has 0 bridgehead atoms. The van der Waals surface area contributed by atoms with Crippen molar-refractivity contribution in [1.29, 1.82) is 0 Å². The Morgan fingerprint density at radius 2 is 2.25 bits per heavy atom. The van der Waals surface area contributed by atoms with Crippen molar-refractivity contribution in [1.82, 2.24) is 4.90 Å². The summed E-state index contributed by atoms with van der Waals surface area (Å²) in [4.78, 5) is 2.65. The third kappa shape index (κ3) is 4.44. The maximum absolute atomic E-state index is 9.61. The molecule has 0 radical (unpaired) electrons. The molecule has 0 amide bonds. The Morgan fingerprint density at radius 3 is 3.00 bits per heavy atom. The van der Waals surface area contributed by atoms with E-state index in [9.17, 15) is 5.11 Å². The largest absolute Gasteiger partial charge is 0.493 e. The average molecular weight is 294 g/mol. The lowest BCUT2D eigenvalue weighted by Gasteiger charge is -2.29. The van der Waals surface area contributed by atoms with Crippen molar-refractivity contribution in [2.45, 2.75) is 25.4 Å². The highest BCUT2D eigenvalue weighted by Gasteiger charge is 2.16. The van der Waals surface area contributed by atoms with Crippen LogP contribution in [0.4, 0.5) is 0 Å². The number of ether oxygens (including phenoxy) is 1. The molecule has 1 aromatic rings. The van der Waals surface area contributed by atoms with E-state index < -0.39 is 0 Å². The van der Waals surface area contributed by atoms with Gasteiger partial charge in [-0.05, 0) is 37.9 Å². The van der Waals surface area contributed by atoms with Crippen LogP contribution in [0.1, 0.15) is 24.8 Å². The number of aliphatic hydroxyl groups excluding tert-OH is 1. The molecule has 1 heterocycles. The summed E-state index contributed by atoms with van der Waals surface area (Å²) in [6.07, 6.45) is 2.76. The predicted molar refractivity (Wildman–Crippen MR) is 84.1 cm³/mol. The first-order valence-corrected chi connectivity index (χ1v) is 7.49. The van der Waals surface area contributed by atoms with Crippen molar-refractivity contribution >= 4 is 17.2 Å². The zero-order valence-corrected chi connectivity index (χ0v) is 12.4. The fourth-order valence-electron chi connectivity index (χ4n) is 2.50. The van der Waals surface area contributed by atoms with Gasteiger partial charge in [0.05, 0.1) is 18.3 Å². The van der Waals surface area contributed by atoms with Gasteiger partial charge in [0.25, 0.3) is 0 Å². The van der Waals surface area contributed by atoms with Gasteiger partial charge in [0.1, 0.15) is 10.7 Å². The topological polar surface area (TPSA) is 58.7 Å². The Kier molecular flexibility index (Phi) is 5.76. The van der Waals surface area contributed by atoms with E-state index in [1.165, 1.54) is 0 Å². The molecule has 0 spiro atoms. The monoisotopic (exact) mass is 294 g/mol. The van der Waals surface area contributed by atoms with Crippen LogP contribution >= 0.6 is 12.2 Å². The van der Waals surface area contributed by atoms with Crippen molar-refractivity contribution in [3.05, 3.63) is 29.8 Å². The van der Waals surface area contributed by atoms with Gasteiger partial charge in [0.2, 0.25) is 0 Å². The number of β-amino-alcohol motifs (C(OH)–C–C–N with tert-alkyl or cyclic N) is 1. The summed E-state index contributed by atoms with van der Waals surface area (Å²) in [6.45, 7) is 3.43. The molecule has 1 aromatic carbocycles. The first-order chi connectivity index (χ1) is 9.66. The second-order valence-corrected chi connectivity index (χ2v) is 5.60. The molecule has 1 aliphatic rings. The maximum Gasteiger partial charge on any atom is 0.129 e. The van der Waals surface area contributed by atoms with Gasteiger partial charge in [-0.25, -0.2) is 0 Å². The number of benzene rings is 1. The van der Waals surface area contributed by atoms with E-state index in [4.69, 9.17) is 22.7 Å². The number of thiocarbonyl (C=S) groups is 1. The minimum absolute atomic E-state index is 0.167. The Labute approximate surface area is 125 Å². The molecule has 2 rings (SSSR count). The van der Waals surface area contributed by atoms with Crippen LogP contribution in [0.2, 0.25) is 0 Å². The SMILES string of the molecule is NC(=S)c1ccccc1OCCCN1CCCC(O)C1. The van der Waals surface area contributed by atoms with Crippen LogP contribution in [0, 0.1) is 0 Å². The van der Waals surface area contributed by atoms with Crippen molar-refractivity contribution in [3.63, 3.8) is 0 Å². The van der Waals surface area contributed by atoms with Crippen LogP contribution in [0.25, 0.3) is 0 Å². The molecule has 3 N–H and O–H groups in total. The highest BCUT2D eigenvalue weighted by atomic mass is 32.1. The Bertz CT molecular complexity index is 453. The lowest BCUT2D eigenvalue weighted by Crippen LogP contribution is -2.39. The van der Waals surface area contributed by atoms with Crippen LogP contribution in [0.5, 0.6) is 5.75 Å². The van der Waals surface area contributed by atoms with E-state index in [0.29, 0.717) is 11.6 Å². The number of likely N-dealkylation sites (tertiary alicyclic amines) is 1. The smallest absolute Gasteiger partial charge is 0.129 e. The minimum Gasteiger partial charge on any atom is -0.493 e. The second kappa shape index (κ2) is 7.57. The van der Waals surface area contributed by atoms with Crippen LogP contribution < -0.4 is 10.5 Å². The minimum atomic E-state index is -0.167. The van der Waals surface area contributed by atoms with Gasteiger partial charge in [-0.3, -0.25) is 0 Å². The molecule has 0 saturated carbocycles.